The summed E-state index contributed by atoms with van der Waals surface area (Å²) in [5, 5.41) is 2.80. The van der Waals surface area contributed by atoms with E-state index >= 15 is 0 Å². The minimum atomic E-state index is -1.18. The van der Waals surface area contributed by atoms with Crippen LogP contribution in [-0.4, -0.2) is 19.3 Å². The van der Waals surface area contributed by atoms with Crippen LogP contribution < -0.4 is 5.32 Å². The van der Waals surface area contributed by atoms with E-state index < -0.39 is 17.5 Å². The van der Waals surface area contributed by atoms with Gasteiger partial charge in [0.15, 0.2) is 11.6 Å². The lowest BCUT2D eigenvalue weighted by Gasteiger charge is -2.20. The number of nitrogens with one attached hydrogen (secondary N) is 1. The molecule has 17 heavy (non-hydrogen) atoms. The molecular weight excluding hydrogens is 231 g/mol. The van der Waals surface area contributed by atoms with Crippen LogP contribution in [0.1, 0.15) is 13.3 Å². The average Bonchev–Trinajstić information content (AvgIpc) is 2.78. The van der Waals surface area contributed by atoms with Gasteiger partial charge in [-0.1, -0.05) is 0 Å². The summed E-state index contributed by atoms with van der Waals surface area (Å²) in [6, 6.07) is 1.40. The zero-order valence-electron chi connectivity index (χ0n) is 9.47. The van der Waals surface area contributed by atoms with Crippen LogP contribution in [0.4, 0.5) is 18.9 Å². The molecule has 1 aromatic carbocycles. The Bertz CT molecular complexity index is 405. The van der Waals surface area contributed by atoms with E-state index in [0.717, 1.165) is 12.5 Å². The minimum Gasteiger partial charge on any atom is -0.381 e. The molecule has 2 unspecified atom stereocenters. The zero-order chi connectivity index (χ0) is 12.4. The van der Waals surface area contributed by atoms with Gasteiger partial charge < -0.3 is 10.1 Å². The number of benzene rings is 1. The molecule has 0 aliphatic carbocycles. The standard InChI is InChI=1S/C12H14F3NO/c1-7(8-2-3-17-6-8)16-11-5-9(13)4-10(14)12(11)15/h4-5,7-8,16H,2-3,6H2,1H3. The fraction of sp³-hybridized carbons (Fsp3) is 0.500. The van der Waals surface area contributed by atoms with Gasteiger partial charge in [-0.15, -0.1) is 0 Å². The minimum absolute atomic E-state index is 0.0896. The van der Waals surface area contributed by atoms with Crippen LogP contribution in [0.15, 0.2) is 12.1 Å². The Morgan fingerprint density at radius 1 is 1.35 bits per heavy atom. The van der Waals surface area contributed by atoms with Gasteiger partial charge in [0.05, 0.1) is 12.3 Å². The first-order valence-electron chi connectivity index (χ1n) is 5.56. The van der Waals surface area contributed by atoms with Gasteiger partial charge in [-0.05, 0) is 13.3 Å². The molecule has 1 aromatic rings. The number of hydrogen-bond donors (Lipinski definition) is 1. The summed E-state index contributed by atoms with van der Waals surface area (Å²) >= 11 is 0. The molecule has 0 saturated carbocycles. The third-order valence-electron chi connectivity index (χ3n) is 3.05. The lowest BCUT2D eigenvalue weighted by molar-refractivity contribution is 0.183. The molecule has 2 nitrogen and oxygen atoms in total. The van der Waals surface area contributed by atoms with E-state index in [1.165, 1.54) is 0 Å². The molecule has 94 valence electrons. The van der Waals surface area contributed by atoms with Crippen molar-refractivity contribution in [1.29, 1.82) is 0 Å². The molecule has 5 heteroatoms. The van der Waals surface area contributed by atoms with E-state index in [-0.39, 0.29) is 17.6 Å². The molecule has 1 fully saturated rings. The second-order valence-electron chi connectivity index (χ2n) is 4.31. The predicted octanol–water partition coefficient (Wildman–Crippen LogP) is 2.94. The van der Waals surface area contributed by atoms with E-state index in [1.54, 1.807) is 0 Å². The number of halogens is 3. The number of rotatable bonds is 3. The SMILES string of the molecule is CC(Nc1cc(F)cc(F)c1F)C1CCOC1. The van der Waals surface area contributed by atoms with E-state index in [4.69, 9.17) is 4.74 Å². The lowest BCUT2D eigenvalue weighted by Crippen LogP contribution is -2.26. The average molecular weight is 245 g/mol. The summed E-state index contributed by atoms with van der Waals surface area (Å²) in [6.07, 6.45) is 0.869. The molecule has 0 radical (unpaired) electrons. The van der Waals surface area contributed by atoms with Crippen molar-refractivity contribution >= 4 is 5.69 Å². The van der Waals surface area contributed by atoms with Gasteiger partial charge in [0.1, 0.15) is 5.82 Å². The van der Waals surface area contributed by atoms with Crippen LogP contribution in [0.3, 0.4) is 0 Å². The molecule has 1 N–H and O–H groups in total. The normalized spacial score (nSPS) is 21.5. The molecule has 1 aliphatic rings. The molecule has 1 saturated heterocycles. The highest BCUT2D eigenvalue weighted by Gasteiger charge is 2.23. The highest BCUT2D eigenvalue weighted by atomic mass is 19.2. The van der Waals surface area contributed by atoms with Crippen molar-refractivity contribution in [3.05, 3.63) is 29.6 Å². The van der Waals surface area contributed by atoms with Crippen molar-refractivity contribution in [2.75, 3.05) is 18.5 Å². The molecule has 1 heterocycles. The van der Waals surface area contributed by atoms with Crippen molar-refractivity contribution in [2.45, 2.75) is 19.4 Å². The molecule has 2 rings (SSSR count). The fourth-order valence-electron chi connectivity index (χ4n) is 1.97. The van der Waals surface area contributed by atoms with Gasteiger partial charge in [-0.3, -0.25) is 0 Å². The number of anilines is 1. The Labute approximate surface area is 97.8 Å². The van der Waals surface area contributed by atoms with E-state index in [9.17, 15) is 13.2 Å². The van der Waals surface area contributed by atoms with Gasteiger partial charge in [0.2, 0.25) is 0 Å². The first-order chi connectivity index (χ1) is 8.08. The maximum atomic E-state index is 13.4. The molecule has 1 aliphatic heterocycles. The molecule has 0 bridgehead atoms. The zero-order valence-corrected chi connectivity index (χ0v) is 9.47. The van der Waals surface area contributed by atoms with Crippen molar-refractivity contribution in [3.63, 3.8) is 0 Å². The largest absolute Gasteiger partial charge is 0.381 e. The van der Waals surface area contributed by atoms with Crippen molar-refractivity contribution in [3.8, 4) is 0 Å². The van der Waals surface area contributed by atoms with Crippen LogP contribution in [0.25, 0.3) is 0 Å². The summed E-state index contributed by atoms with van der Waals surface area (Å²) in [7, 11) is 0. The highest BCUT2D eigenvalue weighted by molar-refractivity contribution is 5.46. The van der Waals surface area contributed by atoms with E-state index in [1.807, 2.05) is 6.92 Å². The number of hydrogen-bond acceptors (Lipinski definition) is 2. The maximum Gasteiger partial charge on any atom is 0.182 e. The Morgan fingerprint density at radius 3 is 2.76 bits per heavy atom. The van der Waals surface area contributed by atoms with Crippen LogP contribution in [0.5, 0.6) is 0 Å². The first kappa shape index (κ1) is 12.2. The topological polar surface area (TPSA) is 21.3 Å². The summed E-state index contributed by atoms with van der Waals surface area (Å²) in [5.74, 6) is -2.78. The van der Waals surface area contributed by atoms with Crippen LogP contribution in [0, 0.1) is 23.4 Å². The number of ether oxygens (including phenoxy) is 1. The highest BCUT2D eigenvalue weighted by Crippen LogP contribution is 2.24. The van der Waals surface area contributed by atoms with Gasteiger partial charge in [0, 0.05) is 30.7 Å². The third kappa shape index (κ3) is 2.72. The fourth-order valence-corrected chi connectivity index (χ4v) is 1.97. The second kappa shape index (κ2) is 4.96. The maximum absolute atomic E-state index is 13.4. The molecule has 2 atom stereocenters. The Morgan fingerprint density at radius 2 is 2.12 bits per heavy atom. The molecular formula is C12H14F3NO. The van der Waals surface area contributed by atoms with Crippen molar-refractivity contribution in [1.82, 2.24) is 0 Å². The van der Waals surface area contributed by atoms with Gasteiger partial charge in [-0.25, -0.2) is 13.2 Å². The first-order valence-corrected chi connectivity index (χ1v) is 5.56. The van der Waals surface area contributed by atoms with Crippen molar-refractivity contribution in [2.24, 2.45) is 5.92 Å². The quantitative estimate of drug-likeness (QED) is 0.827. The third-order valence-corrected chi connectivity index (χ3v) is 3.05. The summed E-state index contributed by atoms with van der Waals surface area (Å²) < 4.78 is 44.6. The molecule has 0 spiro atoms. The van der Waals surface area contributed by atoms with Crippen LogP contribution in [-0.2, 0) is 4.74 Å². The lowest BCUT2D eigenvalue weighted by atomic mass is 10.0. The summed E-state index contributed by atoms with van der Waals surface area (Å²) in [6.45, 7) is 3.12. The van der Waals surface area contributed by atoms with Gasteiger partial charge in [-0.2, -0.15) is 0 Å². The second-order valence-corrected chi connectivity index (χ2v) is 4.31. The van der Waals surface area contributed by atoms with E-state index in [2.05, 4.69) is 5.32 Å². The van der Waals surface area contributed by atoms with Crippen molar-refractivity contribution < 1.29 is 17.9 Å². The summed E-state index contributed by atoms with van der Waals surface area (Å²) in [4.78, 5) is 0. The monoisotopic (exact) mass is 245 g/mol. The molecule has 0 aromatic heterocycles. The Balaban J connectivity index is 2.12. The van der Waals surface area contributed by atoms with Crippen LogP contribution in [0.2, 0.25) is 0 Å². The Kier molecular flexibility index (Phi) is 3.57. The van der Waals surface area contributed by atoms with Crippen LogP contribution >= 0.6 is 0 Å². The Hall–Kier alpha value is -1.23. The van der Waals surface area contributed by atoms with Gasteiger partial charge >= 0.3 is 0 Å². The molecule has 0 amide bonds. The smallest absolute Gasteiger partial charge is 0.182 e. The van der Waals surface area contributed by atoms with Gasteiger partial charge in [0.25, 0.3) is 0 Å². The van der Waals surface area contributed by atoms with E-state index in [0.29, 0.717) is 19.3 Å². The summed E-state index contributed by atoms with van der Waals surface area (Å²) in [5.41, 5.74) is -0.137. The predicted molar refractivity (Wildman–Crippen MR) is 58.3 cm³/mol.